The number of aliphatic hydroxyl groups is 1. The van der Waals surface area contributed by atoms with Crippen LogP contribution >= 0.6 is 11.6 Å². The summed E-state index contributed by atoms with van der Waals surface area (Å²) in [6.45, 7) is 3.47. The number of aliphatic carboxylic acids is 1. The van der Waals surface area contributed by atoms with Gasteiger partial charge >= 0.3 is 18.3 Å². The fourth-order valence-corrected chi connectivity index (χ4v) is 4.43. The van der Waals surface area contributed by atoms with Crippen molar-refractivity contribution in [1.29, 1.82) is 0 Å². The molecule has 1 aromatic heterocycles. The molecule has 14 heteroatoms. The smallest absolute Gasteiger partial charge is 0.475 e. The maximum atomic E-state index is 13.0. The summed E-state index contributed by atoms with van der Waals surface area (Å²) in [5.74, 6) is -2.51. The molecule has 0 aliphatic carbocycles. The van der Waals surface area contributed by atoms with Crippen molar-refractivity contribution in [3.05, 3.63) is 58.7 Å². The van der Waals surface area contributed by atoms with E-state index in [1.54, 1.807) is 11.0 Å². The predicted molar refractivity (Wildman–Crippen MR) is 128 cm³/mol. The number of carbonyl (C=O) groups is 1. The van der Waals surface area contributed by atoms with E-state index >= 15 is 0 Å². The Morgan fingerprint density at radius 1 is 1.03 bits per heavy atom. The highest BCUT2D eigenvalue weighted by Crippen LogP contribution is 2.30. The Kier molecular flexibility index (Phi) is 9.85. The molecule has 1 unspecified atom stereocenters. The lowest BCUT2D eigenvalue weighted by Crippen LogP contribution is -2.49. The van der Waals surface area contributed by atoms with Crippen LogP contribution in [-0.4, -0.2) is 76.6 Å². The van der Waals surface area contributed by atoms with Gasteiger partial charge in [0.1, 0.15) is 11.5 Å². The van der Waals surface area contributed by atoms with Gasteiger partial charge in [0.25, 0.3) is 0 Å². The van der Waals surface area contributed by atoms with Gasteiger partial charge in [-0.15, -0.1) is 0 Å². The number of β-amino-alcohol motifs (C(OH)–C–C–N with tert-alkyl or cyclic N) is 1. The minimum absolute atomic E-state index is 0.191. The van der Waals surface area contributed by atoms with Crippen molar-refractivity contribution in [3.8, 4) is 0 Å². The second-order valence-electron chi connectivity index (χ2n) is 9.10. The maximum Gasteiger partial charge on any atom is 0.490 e. The van der Waals surface area contributed by atoms with Gasteiger partial charge in [-0.1, -0.05) is 29.8 Å². The van der Waals surface area contributed by atoms with Gasteiger partial charge in [0, 0.05) is 30.7 Å². The Bertz CT molecular complexity index is 1060. The van der Waals surface area contributed by atoms with Gasteiger partial charge in [-0.25, -0.2) is 9.78 Å². The van der Waals surface area contributed by atoms with Crippen LogP contribution in [0.2, 0.25) is 5.02 Å². The van der Waals surface area contributed by atoms with Crippen LogP contribution in [0.15, 0.2) is 42.5 Å². The lowest BCUT2D eigenvalue weighted by Gasteiger charge is -2.34. The largest absolute Gasteiger partial charge is 0.490 e. The molecule has 7 nitrogen and oxygen atoms in total. The highest BCUT2D eigenvalue weighted by molar-refractivity contribution is 6.30. The SMILES string of the molecule is O=C(O)C(F)(F)F.O[C@@H]1CN(c2cccc(C(F)(F)F)n2)CC1NC1CCN(Cc2ccc(Cl)cc2)CC1. The summed E-state index contributed by atoms with van der Waals surface area (Å²) in [5.41, 5.74) is 0.315. The van der Waals surface area contributed by atoms with E-state index in [2.05, 4.69) is 15.2 Å². The highest BCUT2D eigenvalue weighted by atomic mass is 35.5. The lowest BCUT2D eigenvalue weighted by atomic mass is 10.0. The number of aromatic nitrogens is 1. The van der Waals surface area contributed by atoms with Crippen molar-refractivity contribution in [3.63, 3.8) is 0 Å². The fourth-order valence-electron chi connectivity index (χ4n) is 4.30. The van der Waals surface area contributed by atoms with E-state index in [0.717, 1.165) is 43.6 Å². The van der Waals surface area contributed by atoms with Gasteiger partial charge in [0.2, 0.25) is 0 Å². The van der Waals surface area contributed by atoms with Gasteiger partial charge in [-0.05, 0) is 55.8 Å². The standard InChI is InChI=1S/C22H26ClF3N4O.C2HF3O2/c23-16-6-4-15(5-7-16)12-29-10-8-17(9-11-29)27-18-13-30(14-19(18)31)21-3-1-2-20(28-21)22(24,25)26;3-2(4,5)1(6)7/h1-7,17-19,27,31H,8-14H2;(H,6,7)/t18?,19-;/m1./s1. The third-order valence-electron chi connectivity index (χ3n) is 6.24. The Hall–Kier alpha value is -2.61. The number of nitrogens with one attached hydrogen (secondary N) is 1. The van der Waals surface area contributed by atoms with Crippen LogP contribution in [0.4, 0.5) is 32.2 Å². The van der Waals surface area contributed by atoms with E-state index < -0.39 is 30.1 Å². The van der Waals surface area contributed by atoms with Gasteiger partial charge in [0.15, 0.2) is 0 Å². The van der Waals surface area contributed by atoms with Crippen LogP contribution in [-0.2, 0) is 17.5 Å². The highest BCUT2D eigenvalue weighted by Gasteiger charge is 2.38. The molecule has 2 aliphatic rings. The number of likely N-dealkylation sites (tertiary alicyclic amines) is 1. The summed E-state index contributed by atoms with van der Waals surface area (Å²) in [5, 5.41) is 21.9. The van der Waals surface area contributed by atoms with Crippen molar-refractivity contribution in [2.45, 2.75) is 49.9 Å². The number of carboxylic acid groups (broad SMARTS) is 1. The van der Waals surface area contributed by atoms with Gasteiger partial charge < -0.3 is 20.4 Å². The molecule has 210 valence electrons. The Labute approximate surface area is 220 Å². The molecule has 1 aromatic carbocycles. The van der Waals surface area contributed by atoms with Gasteiger partial charge in [-0.3, -0.25) is 4.90 Å². The van der Waals surface area contributed by atoms with E-state index in [4.69, 9.17) is 21.5 Å². The molecule has 38 heavy (non-hydrogen) atoms. The van der Waals surface area contributed by atoms with E-state index in [9.17, 15) is 31.4 Å². The zero-order valence-corrected chi connectivity index (χ0v) is 20.8. The normalized spacial score (nSPS) is 21.2. The fraction of sp³-hybridized carbons (Fsp3) is 0.500. The summed E-state index contributed by atoms with van der Waals surface area (Å²) in [4.78, 5) is 16.7. The zero-order valence-electron chi connectivity index (χ0n) is 20.0. The van der Waals surface area contributed by atoms with Crippen LogP contribution < -0.4 is 10.2 Å². The first-order valence-corrected chi connectivity index (χ1v) is 12.1. The second-order valence-corrected chi connectivity index (χ2v) is 9.54. The van der Waals surface area contributed by atoms with Gasteiger partial charge in [0.05, 0.1) is 12.1 Å². The number of piperidine rings is 1. The Morgan fingerprint density at radius 2 is 1.63 bits per heavy atom. The van der Waals surface area contributed by atoms with Gasteiger partial charge in [-0.2, -0.15) is 26.3 Å². The third-order valence-corrected chi connectivity index (χ3v) is 6.49. The number of halogens is 7. The number of hydrogen-bond donors (Lipinski definition) is 3. The van der Waals surface area contributed by atoms with E-state index in [1.165, 1.54) is 11.6 Å². The molecule has 2 aromatic rings. The molecule has 2 atom stereocenters. The molecule has 0 radical (unpaired) electrons. The molecule has 4 rings (SSSR count). The first kappa shape index (κ1) is 29.9. The summed E-state index contributed by atoms with van der Waals surface area (Å²) in [7, 11) is 0. The molecule has 0 amide bonds. The van der Waals surface area contributed by atoms with Crippen LogP contribution in [0.25, 0.3) is 0 Å². The predicted octanol–water partition coefficient (Wildman–Crippen LogP) is 4.19. The first-order valence-electron chi connectivity index (χ1n) is 11.7. The van der Waals surface area contributed by atoms with E-state index in [0.29, 0.717) is 6.54 Å². The number of alkyl halides is 6. The number of pyridine rings is 1. The minimum atomic E-state index is -5.08. The molecular formula is C24H27ClF6N4O3. The molecule has 3 N–H and O–H groups in total. The summed E-state index contributed by atoms with van der Waals surface area (Å²) >= 11 is 5.94. The maximum absolute atomic E-state index is 13.0. The summed E-state index contributed by atoms with van der Waals surface area (Å²) in [6, 6.07) is 11.8. The first-order chi connectivity index (χ1) is 17.7. The monoisotopic (exact) mass is 568 g/mol. The van der Waals surface area contributed by atoms with Crippen molar-refractivity contribution in [2.24, 2.45) is 0 Å². The van der Waals surface area contributed by atoms with Crippen molar-refractivity contribution in [1.82, 2.24) is 15.2 Å². The molecule has 2 saturated heterocycles. The Morgan fingerprint density at radius 3 is 2.18 bits per heavy atom. The number of benzene rings is 1. The molecule has 0 bridgehead atoms. The van der Waals surface area contributed by atoms with Crippen LogP contribution in [0, 0.1) is 0 Å². The van der Waals surface area contributed by atoms with Crippen LogP contribution in [0.3, 0.4) is 0 Å². The average molecular weight is 569 g/mol. The van der Waals surface area contributed by atoms with E-state index in [1.807, 2.05) is 24.3 Å². The van der Waals surface area contributed by atoms with Crippen molar-refractivity contribution in [2.75, 3.05) is 31.1 Å². The van der Waals surface area contributed by atoms with E-state index in [-0.39, 0.29) is 24.4 Å². The molecule has 0 spiro atoms. The zero-order chi connectivity index (χ0) is 28.1. The summed E-state index contributed by atoms with van der Waals surface area (Å²) < 4.78 is 70.6. The molecule has 2 fully saturated rings. The molecule has 2 aliphatic heterocycles. The molecular weight excluding hydrogens is 542 g/mol. The third kappa shape index (κ3) is 8.72. The quantitative estimate of drug-likeness (QED) is 0.466. The van der Waals surface area contributed by atoms with Crippen molar-refractivity contribution >= 4 is 23.4 Å². The van der Waals surface area contributed by atoms with Crippen LogP contribution in [0.1, 0.15) is 24.1 Å². The number of anilines is 1. The molecule has 3 heterocycles. The number of rotatable bonds is 5. The topological polar surface area (TPSA) is 88.9 Å². The number of nitrogens with zero attached hydrogens (tertiary/aromatic N) is 3. The van der Waals surface area contributed by atoms with Crippen molar-refractivity contribution < 1.29 is 41.4 Å². The number of hydrogen-bond acceptors (Lipinski definition) is 6. The second kappa shape index (κ2) is 12.5. The Balaban J connectivity index is 0.000000505. The molecule has 0 saturated carbocycles. The minimum Gasteiger partial charge on any atom is -0.475 e. The summed E-state index contributed by atoms with van der Waals surface area (Å²) in [6.07, 6.45) is -8.30. The number of aliphatic hydroxyl groups excluding tert-OH is 1. The van der Waals surface area contributed by atoms with Crippen LogP contribution in [0.5, 0.6) is 0 Å². The average Bonchev–Trinajstić information content (AvgIpc) is 3.21. The lowest BCUT2D eigenvalue weighted by molar-refractivity contribution is -0.192. The number of carboxylic acids is 1.